The van der Waals surface area contributed by atoms with Crippen LogP contribution in [0.3, 0.4) is 0 Å². The number of benzene rings is 2. The molecule has 94 valence electrons. The standard InChI is InChI=1S/C16H12ClNO/c1-11-5-4-7-13(9-11)16(19)15-10-12-6-2-3-8-14(12)18(15)17/h2-10H,1H3. The van der Waals surface area contributed by atoms with Crippen molar-refractivity contribution in [2.75, 3.05) is 0 Å². The average molecular weight is 270 g/mol. The number of fused-ring (bicyclic) bond motifs is 1. The molecular weight excluding hydrogens is 258 g/mol. The van der Waals surface area contributed by atoms with Crippen LogP contribution in [0.15, 0.2) is 54.6 Å². The first-order chi connectivity index (χ1) is 9.16. The molecule has 2 aromatic carbocycles. The fraction of sp³-hybridized carbons (Fsp3) is 0.0625. The van der Waals surface area contributed by atoms with E-state index in [4.69, 9.17) is 11.8 Å². The van der Waals surface area contributed by atoms with Crippen LogP contribution in [0.2, 0.25) is 0 Å². The Morgan fingerprint density at radius 3 is 2.58 bits per heavy atom. The van der Waals surface area contributed by atoms with E-state index in [0.717, 1.165) is 16.5 Å². The lowest BCUT2D eigenvalue weighted by Crippen LogP contribution is -2.04. The maximum Gasteiger partial charge on any atom is 0.210 e. The summed E-state index contributed by atoms with van der Waals surface area (Å²) in [6.45, 7) is 1.97. The number of rotatable bonds is 2. The lowest BCUT2D eigenvalue weighted by molar-refractivity contribution is 0.103. The predicted molar refractivity (Wildman–Crippen MR) is 77.8 cm³/mol. The summed E-state index contributed by atoms with van der Waals surface area (Å²) in [4.78, 5) is 12.5. The third-order valence-electron chi connectivity index (χ3n) is 3.16. The Kier molecular flexibility index (Phi) is 2.88. The second-order valence-corrected chi connectivity index (χ2v) is 4.91. The summed E-state index contributed by atoms with van der Waals surface area (Å²) in [5.74, 6) is -0.0603. The Balaban J connectivity index is 2.14. The third-order valence-corrected chi connectivity index (χ3v) is 3.53. The third kappa shape index (κ3) is 2.04. The zero-order valence-electron chi connectivity index (χ0n) is 10.4. The molecular formula is C16H12ClNO. The van der Waals surface area contributed by atoms with Gasteiger partial charge in [0, 0.05) is 22.7 Å². The van der Waals surface area contributed by atoms with E-state index in [-0.39, 0.29) is 5.78 Å². The number of ketones is 1. The van der Waals surface area contributed by atoms with Crippen LogP contribution in [0.25, 0.3) is 10.9 Å². The highest BCUT2D eigenvalue weighted by molar-refractivity contribution is 6.24. The van der Waals surface area contributed by atoms with Crippen molar-refractivity contribution in [3.05, 3.63) is 71.4 Å². The van der Waals surface area contributed by atoms with Gasteiger partial charge in [0.1, 0.15) is 5.69 Å². The first-order valence-electron chi connectivity index (χ1n) is 6.05. The fourth-order valence-electron chi connectivity index (χ4n) is 2.21. The van der Waals surface area contributed by atoms with Gasteiger partial charge in [0.2, 0.25) is 5.78 Å². The van der Waals surface area contributed by atoms with Crippen molar-refractivity contribution in [2.24, 2.45) is 0 Å². The van der Waals surface area contributed by atoms with E-state index < -0.39 is 0 Å². The van der Waals surface area contributed by atoms with Gasteiger partial charge in [-0.25, -0.2) is 4.09 Å². The SMILES string of the molecule is Cc1cccc(C(=O)c2cc3ccccc3n2Cl)c1. The van der Waals surface area contributed by atoms with Gasteiger partial charge in [-0.1, -0.05) is 42.0 Å². The molecule has 0 amide bonds. The van der Waals surface area contributed by atoms with Crippen molar-refractivity contribution in [2.45, 2.75) is 6.92 Å². The van der Waals surface area contributed by atoms with E-state index in [1.165, 1.54) is 4.09 Å². The van der Waals surface area contributed by atoms with Crippen molar-refractivity contribution in [1.29, 1.82) is 0 Å². The van der Waals surface area contributed by atoms with Crippen LogP contribution in [-0.4, -0.2) is 9.87 Å². The molecule has 0 bridgehead atoms. The number of carbonyl (C=O) groups is 1. The Labute approximate surface area is 116 Å². The predicted octanol–water partition coefficient (Wildman–Crippen LogP) is 4.18. The molecule has 0 atom stereocenters. The molecule has 0 aliphatic carbocycles. The van der Waals surface area contributed by atoms with Crippen molar-refractivity contribution in [3.8, 4) is 0 Å². The summed E-state index contributed by atoms with van der Waals surface area (Å²) in [5.41, 5.74) is 3.06. The maximum atomic E-state index is 12.5. The fourth-order valence-corrected chi connectivity index (χ4v) is 2.49. The number of hydrogen-bond donors (Lipinski definition) is 0. The van der Waals surface area contributed by atoms with Crippen LogP contribution in [0.4, 0.5) is 0 Å². The molecule has 2 nitrogen and oxygen atoms in total. The molecule has 19 heavy (non-hydrogen) atoms. The zero-order valence-corrected chi connectivity index (χ0v) is 11.2. The van der Waals surface area contributed by atoms with Crippen molar-refractivity contribution >= 4 is 28.5 Å². The largest absolute Gasteiger partial charge is 0.287 e. The van der Waals surface area contributed by atoms with Gasteiger partial charge in [0.05, 0.1) is 5.52 Å². The van der Waals surface area contributed by atoms with Crippen LogP contribution < -0.4 is 0 Å². The smallest absolute Gasteiger partial charge is 0.210 e. The van der Waals surface area contributed by atoms with Crippen molar-refractivity contribution < 1.29 is 4.79 Å². The number of hydrogen-bond acceptors (Lipinski definition) is 1. The molecule has 0 radical (unpaired) electrons. The number of carbonyl (C=O) groups excluding carboxylic acids is 1. The molecule has 0 aliphatic rings. The molecule has 0 unspecified atom stereocenters. The normalized spacial score (nSPS) is 10.8. The molecule has 1 heterocycles. The van der Waals surface area contributed by atoms with E-state index in [1.807, 2.05) is 61.5 Å². The number of nitrogens with zero attached hydrogens (tertiary/aromatic N) is 1. The first-order valence-corrected chi connectivity index (χ1v) is 6.38. The summed E-state index contributed by atoms with van der Waals surface area (Å²) in [6.07, 6.45) is 0. The molecule has 0 N–H and O–H groups in total. The van der Waals surface area contributed by atoms with Gasteiger partial charge >= 0.3 is 0 Å². The topological polar surface area (TPSA) is 22.0 Å². The number of halogens is 1. The molecule has 3 heteroatoms. The van der Waals surface area contributed by atoms with Gasteiger partial charge in [-0.15, -0.1) is 0 Å². The van der Waals surface area contributed by atoms with E-state index >= 15 is 0 Å². The van der Waals surface area contributed by atoms with E-state index in [2.05, 4.69) is 0 Å². The summed E-state index contributed by atoms with van der Waals surface area (Å²) < 4.78 is 1.43. The highest BCUT2D eigenvalue weighted by Gasteiger charge is 2.16. The lowest BCUT2D eigenvalue weighted by Gasteiger charge is -2.02. The molecule has 0 saturated carbocycles. The van der Waals surface area contributed by atoms with Gasteiger partial charge in [-0.3, -0.25) is 4.79 Å². The van der Waals surface area contributed by atoms with Crippen molar-refractivity contribution in [1.82, 2.24) is 4.09 Å². The summed E-state index contributed by atoms with van der Waals surface area (Å²) in [6, 6.07) is 17.0. The van der Waals surface area contributed by atoms with E-state index in [9.17, 15) is 4.79 Å². The molecule has 3 rings (SSSR count). The number of para-hydroxylation sites is 1. The average Bonchev–Trinajstić information content (AvgIpc) is 2.76. The Morgan fingerprint density at radius 1 is 1.05 bits per heavy atom. The molecule has 0 spiro atoms. The van der Waals surface area contributed by atoms with Gasteiger partial charge in [-0.2, -0.15) is 0 Å². The van der Waals surface area contributed by atoms with E-state index in [1.54, 1.807) is 0 Å². The first kappa shape index (κ1) is 12.0. The van der Waals surface area contributed by atoms with Crippen LogP contribution in [0.5, 0.6) is 0 Å². The highest BCUT2D eigenvalue weighted by atomic mass is 35.5. The minimum Gasteiger partial charge on any atom is -0.287 e. The van der Waals surface area contributed by atoms with Crippen LogP contribution in [0.1, 0.15) is 21.6 Å². The molecule has 0 fully saturated rings. The highest BCUT2D eigenvalue weighted by Crippen LogP contribution is 2.23. The van der Waals surface area contributed by atoms with Crippen LogP contribution in [-0.2, 0) is 0 Å². The van der Waals surface area contributed by atoms with Gasteiger partial charge in [-0.05, 0) is 25.1 Å². The summed E-state index contributed by atoms with van der Waals surface area (Å²) in [5, 5.41) is 0.966. The minimum absolute atomic E-state index is 0.0603. The minimum atomic E-state index is -0.0603. The second kappa shape index (κ2) is 4.56. The number of aryl methyl sites for hydroxylation is 1. The van der Waals surface area contributed by atoms with Gasteiger partial charge < -0.3 is 0 Å². The second-order valence-electron chi connectivity index (χ2n) is 4.57. The Morgan fingerprint density at radius 2 is 1.84 bits per heavy atom. The maximum absolute atomic E-state index is 12.5. The van der Waals surface area contributed by atoms with E-state index in [0.29, 0.717) is 11.3 Å². The van der Waals surface area contributed by atoms with Crippen LogP contribution >= 0.6 is 11.8 Å². The zero-order chi connectivity index (χ0) is 13.4. The summed E-state index contributed by atoms with van der Waals surface area (Å²) in [7, 11) is 0. The van der Waals surface area contributed by atoms with Gasteiger partial charge in [0.25, 0.3) is 0 Å². The quantitative estimate of drug-likeness (QED) is 0.640. The monoisotopic (exact) mass is 269 g/mol. The molecule has 3 aromatic rings. The summed E-state index contributed by atoms with van der Waals surface area (Å²) >= 11 is 6.24. The molecule has 1 aromatic heterocycles. The van der Waals surface area contributed by atoms with Crippen LogP contribution in [0, 0.1) is 6.92 Å². The van der Waals surface area contributed by atoms with Crippen molar-refractivity contribution in [3.63, 3.8) is 0 Å². The lowest BCUT2D eigenvalue weighted by atomic mass is 10.1. The molecule has 0 saturated heterocycles. The Hall–Kier alpha value is -2.06. The number of aromatic nitrogens is 1. The molecule has 0 aliphatic heterocycles. The Bertz CT molecular complexity index is 773. The van der Waals surface area contributed by atoms with Gasteiger partial charge in [0.15, 0.2) is 0 Å².